The van der Waals surface area contributed by atoms with Crippen LogP contribution in [0.5, 0.6) is 0 Å². The van der Waals surface area contributed by atoms with Gasteiger partial charge in [0.15, 0.2) is 5.82 Å². The molecule has 2 unspecified atom stereocenters. The lowest BCUT2D eigenvalue weighted by molar-refractivity contribution is -0.0329. The van der Waals surface area contributed by atoms with Gasteiger partial charge in [-0.15, -0.1) is 0 Å². The van der Waals surface area contributed by atoms with Gasteiger partial charge in [0, 0.05) is 36.4 Å². The lowest BCUT2D eigenvalue weighted by atomic mass is 9.64. The number of hydrogen-bond acceptors (Lipinski definition) is 5. The maximum Gasteiger partial charge on any atom is 0.447 e. The van der Waals surface area contributed by atoms with Crippen LogP contribution in [0.25, 0.3) is 5.52 Å². The molecule has 11 heteroatoms. The third-order valence-electron chi connectivity index (χ3n) is 8.86. The number of anilines is 1. The van der Waals surface area contributed by atoms with Gasteiger partial charge in [-0.05, 0) is 89.0 Å². The maximum atomic E-state index is 13.6. The Hall–Kier alpha value is -3.13. The fourth-order valence-electron chi connectivity index (χ4n) is 6.94. The smallest absolute Gasteiger partial charge is 0.366 e. The van der Waals surface area contributed by atoms with Crippen LogP contribution in [-0.4, -0.2) is 43.2 Å². The summed E-state index contributed by atoms with van der Waals surface area (Å²) >= 11 is -0.188. The lowest BCUT2D eigenvalue weighted by Crippen LogP contribution is -2.34. The van der Waals surface area contributed by atoms with Crippen molar-refractivity contribution in [2.24, 2.45) is 23.7 Å². The van der Waals surface area contributed by atoms with E-state index in [0.29, 0.717) is 16.9 Å². The average Bonchev–Trinajstić information content (AvgIpc) is 3.60. The highest BCUT2D eigenvalue weighted by Crippen LogP contribution is 2.57. The van der Waals surface area contributed by atoms with Crippen LogP contribution in [-0.2, 0) is 5.54 Å². The molecule has 5 atom stereocenters. The van der Waals surface area contributed by atoms with E-state index in [1.165, 1.54) is 42.5 Å². The van der Waals surface area contributed by atoms with Crippen molar-refractivity contribution in [2.45, 2.75) is 81.4 Å². The number of amides is 1. The second kappa shape index (κ2) is 10.6. The van der Waals surface area contributed by atoms with Gasteiger partial charge in [-0.25, -0.2) is 4.98 Å². The van der Waals surface area contributed by atoms with E-state index in [2.05, 4.69) is 32.6 Å². The monoisotopic (exact) mass is 584 g/mol. The zero-order valence-corrected chi connectivity index (χ0v) is 24.3. The Morgan fingerprint density at radius 3 is 2.73 bits per heavy atom. The largest absolute Gasteiger partial charge is 0.447 e. The van der Waals surface area contributed by atoms with Crippen LogP contribution in [0, 0.1) is 35.5 Å². The minimum atomic E-state index is -4.48. The van der Waals surface area contributed by atoms with E-state index in [1.807, 2.05) is 20.8 Å². The minimum absolute atomic E-state index is 0.0136. The minimum Gasteiger partial charge on any atom is -0.366 e. The molecule has 41 heavy (non-hydrogen) atoms. The molecule has 3 fully saturated rings. The number of thioether (sulfide) groups is 1. The zero-order chi connectivity index (χ0) is 28.9. The molecule has 3 aliphatic carbocycles. The Kier molecular flexibility index (Phi) is 7.25. The Morgan fingerprint density at radius 2 is 1.98 bits per heavy atom. The number of carbonyl (C=O) groups is 1. The number of carbonyl (C=O) groups excluding carboxylic acids is 1. The summed E-state index contributed by atoms with van der Waals surface area (Å²) in [5, 5.41) is 10.5. The molecule has 0 aromatic carbocycles. The molecule has 3 saturated carbocycles. The molecule has 2 bridgehead atoms. The summed E-state index contributed by atoms with van der Waals surface area (Å²) in [7, 11) is 0. The number of aromatic nitrogens is 4. The molecule has 2 N–H and O–H groups in total. The SMILES string of the molecule is CC(C)(C)n1cc(C(=O)NCC#Cc2cc3c(N[C@@H]4CC[C@@H]5CC6C[C@H](CC65)C4)nccn3c2SC(F)(F)F)cn1. The molecular weight excluding hydrogens is 549 g/mol. The van der Waals surface area contributed by atoms with Crippen molar-refractivity contribution in [3.63, 3.8) is 0 Å². The van der Waals surface area contributed by atoms with E-state index in [-0.39, 0.29) is 46.4 Å². The van der Waals surface area contributed by atoms with E-state index in [0.717, 1.165) is 36.5 Å². The van der Waals surface area contributed by atoms with Crippen molar-refractivity contribution in [3.05, 3.63) is 42.0 Å². The third-order valence-corrected chi connectivity index (χ3v) is 9.70. The molecule has 7 nitrogen and oxygen atoms in total. The number of nitrogens with zero attached hydrogens (tertiary/aromatic N) is 4. The van der Waals surface area contributed by atoms with Crippen LogP contribution in [0.3, 0.4) is 0 Å². The molecule has 0 saturated heterocycles. The second-order valence-electron chi connectivity index (χ2n) is 12.7. The molecule has 6 rings (SSSR count). The quantitative estimate of drug-likeness (QED) is 0.272. The standard InChI is InChI=1S/C30H35F3N6OS/c1-29(2,3)39-17-22(16-36-39)27(40)35-8-4-5-20-15-25-26(34-9-10-38(25)28(20)41-30(31,32)33)37-23-7-6-19-14-21-11-18(12-23)13-24(19)21/h9-10,15-19,21,23-24H,6-8,11-14H2,1-3H3,(H,34,37)(H,35,40)/t18-,19+,21?,23+,24?/m0/s1. The first-order chi connectivity index (χ1) is 19.4. The highest BCUT2D eigenvalue weighted by molar-refractivity contribution is 8.00. The highest BCUT2D eigenvalue weighted by Gasteiger charge is 2.48. The Labute approximate surface area is 242 Å². The van der Waals surface area contributed by atoms with E-state index in [4.69, 9.17) is 0 Å². The van der Waals surface area contributed by atoms with Gasteiger partial charge in [0.2, 0.25) is 0 Å². The van der Waals surface area contributed by atoms with Crippen LogP contribution in [0.2, 0.25) is 0 Å². The number of nitrogens with one attached hydrogen (secondary N) is 2. The van der Waals surface area contributed by atoms with E-state index < -0.39 is 5.51 Å². The Balaban J connectivity index is 1.20. The Bertz CT molecular complexity index is 1510. The van der Waals surface area contributed by atoms with Gasteiger partial charge in [0.05, 0.1) is 34.9 Å². The third kappa shape index (κ3) is 5.94. The van der Waals surface area contributed by atoms with Crippen molar-refractivity contribution in [1.82, 2.24) is 24.5 Å². The summed E-state index contributed by atoms with van der Waals surface area (Å²) in [6.45, 7) is 5.92. The summed E-state index contributed by atoms with van der Waals surface area (Å²) in [5.74, 6) is 9.30. The van der Waals surface area contributed by atoms with E-state index in [9.17, 15) is 18.0 Å². The van der Waals surface area contributed by atoms with Gasteiger partial charge in [0.25, 0.3) is 5.91 Å². The fourth-order valence-corrected chi connectivity index (χ4v) is 7.64. The van der Waals surface area contributed by atoms with Crippen LogP contribution < -0.4 is 10.6 Å². The lowest BCUT2D eigenvalue weighted by Gasteiger charge is -2.41. The average molecular weight is 585 g/mol. The molecule has 0 spiro atoms. The summed E-state index contributed by atoms with van der Waals surface area (Å²) < 4.78 is 44.0. The summed E-state index contributed by atoms with van der Waals surface area (Å²) in [6, 6.07) is 1.91. The maximum absolute atomic E-state index is 13.6. The highest BCUT2D eigenvalue weighted by atomic mass is 32.2. The van der Waals surface area contributed by atoms with Crippen molar-refractivity contribution in [1.29, 1.82) is 0 Å². The zero-order valence-electron chi connectivity index (χ0n) is 23.5. The predicted molar refractivity (Wildman–Crippen MR) is 153 cm³/mol. The first-order valence-electron chi connectivity index (χ1n) is 14.3. The molecule has 0 aliphatic heterocycles. The summed E-state index contributed by atoms with van der Waals surface area (Å²) in [6.07, 6.45) is 13.5. The van der Waals surface area contributed by atoms with Gasteiger partial charge in [-0.1, -0.05) is 11.8 Å². The van der Waals surface area contributed by atoms with Gasteiger partial charge in [-0.3, -0.25) is 9.48 Å². The molecule has 3 aromatic rings. The molecule has 3 heterocycles. The molecule has 1 amide bonds. The summed E-state index contributed by atoms with van der Waals surface area (Å²) in [5.41, 5.74) is -3.54. The molecule has 218 valence electrons. The number of rotatable bonds is 5. The normalized spacial score (nSPS) is 25.6. The number of hydrogen-bond donors (Lipinski definition) is 2. The van der Waals surface area contributed by atoms with E-state index >= 15 is 0 Å². The van der Waals surface area contributed by atoms with Crippen LogP contribution in [0.15, 0.2) is 35.9 Å². The van der Waals surface area contributed by atoms with Gasteiger partial charge in [-0.2, -0.15) is 18.3 Å². The fraction of sp³-hybridized carbons (Fsp3) is 0.567. The van der Waals surface area contributed by atoms with E-state index in [1.54, 1.807) is 23.1 Å². The van der Waals surface area contributed by atoms with Crippen molar-refractivity contribution in [2.75, 3.05) is 11.9 Å². The van der Waals surface area contributed by atoms with Gasteiger partial charge < -0.3 is 15.0 Å². The summed E-state index contributed by atoms with van der Waals surface area (Å²) in [4.78, 5) is 17.1. The second-order valence-corrected chi connectivity index (χ2v) is 13.7. The molecule has 3 aromatic heterocycles. The van der Waals surface area contributed by atoms with Crippen molar-refractivity contribution >= 4 is 29.0 Å². The Morgan fingerprint density at radius 1 is 1.15 bits per heavy atom. The van der Waals surface area contributed by atoms with Gasteiger partial charge in [0.1, 0.15) is 5.03 Å². The molecular formula is C30H35F3N6OS. The first-order valence-corrected chi connectivity index (χ1v) is 15.1. The van der Waals surface area contributed by atoms with Crippen LogP contribution in [0.4, 0.5) is 19.0 Å². The number of alkyl halides is 3. The van der Waals surface area contributed by atoms with Gasteiger partial charge >= 0.3 is 5.51 Å². The topological polar surface area (TPSA) is 76.2 Å². The first kappa shape index (κ1) is 28.0. The van der Waals surface area contributed by atoms with Crippen LogP contribution in [0.1, 0.15) is 75.2 Å². The van der Waals surface area contributed by atoms with Crippen molar-refractivity contribution in [3.8, 4) is 11.8 Å². The number of halogens is 3. The molecule has 0 radical (unpaired) electrons. The van der Waals surface area contributed by atoms with Crippen molar-refractivity contribution < 1.29 is 18.0 Å². The number of fused-ring (bicyclic) bond motifs is 2. The van der Waals surface area contributed by atoms with Crippen LogP contribution >= 0.6 is 11.8 Å². The molecule has 3 aliphatic rings. The predicted octanol–water partition coefficient (Wildman–Crippen LogP) is 6.31.